The molecule has 0 radical (unpaired) electrons. The van der Waals surface area contributed by atoms with Gasteiger partial charge in [0.25, 0.3) is 5.91 Å². The van der Waals surface area contributed by atoms with Gasteiger partial charge in [-0.1, -0.05) is 28.1 Å². The predicted octanol–water partition coefficient (Wildman–Crippen LogP) is 3.79. The first-order valence-electron chi connectivity index (χ1n) is 8.06. The molecule has 1 aromatic heterocycles. The monoisotopic (exact) mass is 428 g/mol. The first-order chi connectivity index (χ1) is 12.3. The van der Waals surface area contributed by atoms with E-state index < -0.39 is 23.3 Å². The molecule has 1 saturated heterocycles. The molecule has 0 atom stereocenters. The van der Waals surface area contributed by atoms with Crippen molar-refractivity contribution in [3.8, 4) is 0 Å². The molecule has 0 saturated carbocycles. The van der Waals surface area contributed by atoms with E-state index in [9.17, 15) is 18.0 Å². The van der Waals surface area contributed by atoms with Crippen LogP contribution in [-0.4, -0.2) is 29.0 Å². The maximum atomic E-state index is 13.4. The zero-order chi connectivity index (χ0) is 18.7. The van der Waals surface area contributed by atoms with Crippen molar-refractivity contribution >= 4 is 27.8 Å². The third-order valence-electron chi connectivity index (χ3n) is 4.04. The van der Waals surface area contributed by atoms with Crippen molar-refractivity contribution in [2.24, 2.45) is 0 Å². The molecule has 1 N–H and O–H groups in total. The molecule has 0 aliphatic carbocycles. The number of amides is 1. The van der Waals surface area contributed by atoms with Crippen molar-refractivity contribution in [2.45, 2.75) is 25.6 Å². The first kappa shape index (κ1) is 18.6. The molecule has 5 nitrogen and oxygen atoms in total. The fraction of sp³-hybridized carbons (Fsp3) is 0.353. The van der Waals surface area contributed by atoms with Crippen molar-refractivity contribution in [3.63, 3.8) is 0 Å². The number of aromatic nitrogens is 2. The molecule has 138 valence electrons. The summed E-state index contributed by atoms with van der Waals surface area (Å²) in [7, 11) is 0. The molecular formula is C17H16BrF3N4O. The molecule has 1 aliphatic rings. The van der Waals surface area contributed by atoms with Gasteiger partial charge < -0.3 is 10.2 Å². The third kappa shape index (κ3) is 4.32. The number of carbonyl (C=O) groups excluding carboxylic acids is 1. The van der Waals surface area contributed by atoms with Gasteiger partial charge in [-0.25, -0.2) is 9.97 Å². The zero-order valence-electron chi connectivity index (χ0n) is 13.7. The van der Waals surface area contributed by atoms with E-state index in [4.69, 9.17) is 0 Å². The van der Waals surface area contributed by atoms with Gasteiger partial charge in [-0.3, -0.25) is 4.79 Å². The maximum Gasteiger partial charge on any atom is 0.434 e. The highest BCUT2D eigenvalue weighted by molar-refractivity contribution is 9.10. The van der Waals surface area contributed by atoms with E-state index in [1.165, 1.54) is 0 Å². The fourth-order valence-electron chi connectivity index (χ4n) is 2.70. The number of nitrogens with one attached hydrogen (secondary N) is 1. The highest BCUT2D eigenvalue weighted by Crippen LogP contribution is 2.31. The smallest absolute Gasteiger partial charge is 0.348 e. The van der Waals surface area contributed by atoms with Crippen LogP contribution in [0.5, 0.6) is 0 Å². The van der Waals surface area contributed by atoms with Crippen LogP contribution in [0.2, 0.25) is 0 Å². The molecule has 1 aromatic carbocycles. The lowest BCUT2D eigenvalue weighted by Gasteiger charge is -2.18. The average Bonchev–Trinajstić information content (AvgIpc) is 3.14. The molecule has 26 heavy (non-hydrogen) atoms. The van der Waals surface area contributed by atoms with E-state index in [-0.39, 0.29) is 12.5 Å². The number of alkyl halides is 3. The van der Waals surface area contributed by atoms with E-state index in [2.05, 4.69) is 31.2 Å². The number of carbonyl (C=O) groups is 1. The standard InChI is InChI=1S/C17H16BrF3N4O/c18-12-5-3-11(4-6-12)9-22-15(26)13-10-23-16(25-7-1-2-8-25)24-14(13)17(19,20)21/h3-6,10H,1-2,7-9H2,(H,22,26). The Morgan fingerprint density at radius 1 is 1.19 bits per heavy atom. The topological polar surface area (TPSA) is 58.1 Å². The summed E-state index contributed by atoms with van der Waals surface area (Å²) in [6.07, 6.45) is -2.00. The summed E-state index contributed by atoms with van der Waals surface area (Å²) in [5.41, 5.74) is -1.01. The Bertz CT molecular complexity index is 790. The van der Waals surface area contributed by atoms with Gasteiger partial charge in [0, 0.05) is 30.3 Å². The minimum Gasteiger partial charge on any atom is -0.348 e. The van der Waals surface area contributed by atoms with E-state index in [1.807, 2.05) is 0 Å². The number of rotatable bonds is 4. The van der Waals surface area contributed by atoms with Crippen LogP contribution in [0.3, 0.4) is 0 Å². The van der Waals surface area contributed by atoms with E-state index >= 15 is 0 Å². The fourth-order valence-corrected chi connectivity index (χ4v) is 2.97. The summed E-state index contributed by atoms with van der Waals surface area (Å²) in [5, 5.41) is 2.49. The number of halogens is 4. The van der Waals surface area contributed by atoms with Crippen molar-refractivity contribution < 1.29 is 18.0 Å². The Morgan fingerprint density at radius 2 is 1.85 bits per heavy atom. The molecule has 2 aromatic rings. The van der Waals surface area contributed by atoms with Crippen LogP contribution in [0, 0.1) is 0 Å². The highest BCUT2D eigenvalue weighted by atomic mass is 79.9. The number of hydrogen-bond acceptors (Lipinski definition) is 4. The second-order valence-electron chi connectivity index (χ2n) is 5.93. The SMILES string of the molecule is O=C(NCc1ccc(Br)cc1)c1cnc(N2CCCC2)nc1C(F)(F)F. The summed E-state index contributed by atoms with van der Waals surface area (Å²) in [6, 6.07) is 7.11. The Labute approximate surface area is 156 Å². The van der Waals surface area contributed by atoms with E-state index in [1.54, 1.807) is 29.2 Å². The first-order valence-corrected chi connectivity index (χ1v) is 8.86. The van der Waals surface area contributed by atoms with Gasteiger partial charge in [-0.2, -0.15) is 13.2 Å². The number of hydrogen-bond donors (Lipinski definition) is 1. The van der Waals surface area contributed by atoms with Crippen LogP contribution in [0.1, 0.15) is 34.5 Å². The number of nitrogens with zero attached hydrogens (tertiary/aromatic N) is 3. The molecule has 2 heterocycles. The normalized spacial score (nSPS) is 14.5. The van der Waals surface area contributed by atoms with E-state index in [0.717, 1.165) is 29.1 Å². The number of benzene rings is 1. The van der Waals surface area contributed by atoms with Crippen LogP contribution in [-0.2, 0) is 12.7 Å². The van der Waals surface area contributed by atoms with Crippen molar-refractivity contribution in [1.29, 1.82) is 0 Å². The molecule has 1 amide bonds. The Morgan fingerprint density at radius 3 is 2.46 bits per heavy atom. The molecule has 0 unspecified atom stereocenters. The Balaban J connectivity index is 1.80. The summed E-state index contributed by atoms with van der Waals surface area (Å²) in [6.45, 7) is 1.34. The van der Waals surface area contributed by atoms with Gasteiger partial charge in [0.2, 0.25) is 5.95 Å². The predicted molar refractivity (Wildman–Crippen MR) is 93.8 cm³/mol. The number of anilines is 1. The Kier molecular flexibility index (Phi) is 5.45. The maximum absolute atomic E-state index is 13.4. The van der Waals surface area contributed by atoms with Crippen molar-refractivity contribution in [3.05, 3.63) is 51.8 Å². The summed E-state index contributed by atoms with van der Waals surface area (Å²) in [4.78, 5) is 21.6. The van der Waals surface area contributed by atoms with Crippen LogP contribution in [0.4, 0.5) is 19.1 Å². The highest BCUT2D eigenvalue weighted by Gasteiger charge is 2.38. The van der Waals surface area contributed by atoms with Gasteiger partial charge in [-0.05, 0) is 30.5 Å². The zero-order valence-corrected chi connectivity index (χ0v) is 15.3. The molecule has 1 fully saturated rings. The summed E-state index contributed by atoms with van der Waals surface area (Å²) >= 11 is 3.30. The average molecular weight is 429 g/mol. The molecular weight excluding hydrogens is 413 g/mol. The minimum atomic E-state index is -4.73. The Hall–Kier alpha value is -2.16. The molecule has 3 rings (SSSR count). The minimum absolute atomic E-state index is 0.0132. The lowest BCUT2D eigenvalue weighted by Crippen LogP contribution is -2.29. The van der Waals surface area contributed by atoms with Gasteiger partial charge in [0.15, 0.2) is 5.69 Å². The lowest BCUT2D eigenvalue weighted by atomic mass is 10.2. The molecule has 9 heteroatoms. The van der Waals surface area contributed by atoms with Crippen LogP contribution in [0.25, 0.3) is 0 Å². The second kappa shape index (κ2) is 7.61. The molecule has 0 spiro atoms. The second-order valence-corrected chi connectivity index (χ2v) is 6.85. The van der Waals surface area contributed by atoms with Gasteiger partial charge in [0.05, 0.1) is 5.56 Å². The van der Waals surface area contributed by atoms with Gasteiger partial charge in [0.1, 0.15) is 0 Å². The molecule has 0 bridgehead atoms. The molecule has 1 aliphatic heterocycles. The largest absolute Gasteiger partial charge is 0.434 e. The summed E-state index contributed by atoms with van der Waals surface area (Å²) in [5.74, 6) is -0.840. The van der Waals surface area contributed by atoms with E-state index in [0.29, 0.717) is 13.1 Å². The van der Waals surface area contributed by atoms with Gasteiger partial charge >= 0.3 is 6.18 Å². The lowest BCUT2D eigenvalue weighted by molar-refractivity contribution is -0.141. The van der Waals surface area contributed by atoms with Crippen LogP contribution in [0.15, 0.2) is 34.9 Å². The van der Waals surface area contributed by atoms with Crippen LogP contribution < -0.4 is 10.2 Å². The van der Waals surface area contributed by atoms with Crippen molar-refractivity contribution in [1.82, 2.24) is 15.3 Å². The third-order valence-corrected chi connectivity index (χ3v) is 4.57. The quantitative estimate of drug-likeness (QED) is 0.804. The van der Waals surface area contributed by atoms with Crippen molar-refractivity contribution in [2.75, 3.05) is 18.0 Å². The van der Waals surface area contributed by atoms with Crippen LogP contribution >= 0.6 is 15.9 Å². The summed E-state index contributed by atoms with van der Waals surface area (Å²) < 4.78 is 41.0. The van der Waals surface area contributed by atoms with Gasteiger partial charge in [-0.15, -0.1) is 0 Å².